The minimum atomic E-state index is -0.117. The molecule has 0 bridgehead atoms. The van der Waals surface area contributed by atoms with Gasteiger partial charge in [-0.2, -0.15) is 0 Å². The van der Waals surface area contributed by atoms with E-state index in [0.29, 0.717) is 25.4 Å². The number of nitrogens with one attached hydrogen (secondary N) is 1. The molecule has 3 amide bonds. The highest BCUT2D eigenvalue weighted by Gasteiger charge is 2.26. The van der Waals surface area contributed by atoms with Gasteiger partial charge in [0, 0.05) is 32.7 Å². The van der Waals surface area contributed by atoms with Crippen LogP contribution >= 0.6 is 0 Å². The number of piperidine rings is 1. The van der Waals surface area contributed by atoms with Crippen LogP contribution in [0.5, 0.6) is 5.75 Å². The lowest BCUT2D eigenvalue weighted by molar-refractivity contribution is 0.0674. The van der Waals surface area contributed by atoms with Crippen molar-refractivity contribution in [3.05, 3.63) is 54.0 Å². The Balaban J connectivity index is 1.46. The second-order valence-electron chi connectivity index (χ2n) is 6.70. The Kier molecular flexibility index (Phi) is 6.01. The quantitative estimate of drug-likeness (QED) is 0.877. The SMILES string of the molecule is COc1cccc(CN(C)C(=O)NC2CCN(C(=O)c3ccco3)CC2)c1. The number of benzene rings is 1. The molecule has 1 fully saturated rings. The highest BCUT2D eigenvalue weighted by Crippen LogP contribution is 2.16. The van der Waals surface area contributed by atoms with Gasteiger partial charge >= 0.3 is 6.03 Å². The fraction of sp³-hybridized carbons (Fsp3) is 0.400. The third kappa shape index (κ3) is 4.81. The van der Waals surface area contributed by atoms with Gasteiger partial charge in [-0.25, -0.2) is 4.79 Å². The first-order valence-electron chi connectivity index (χ1n) is 9.04. The van der Waals surface area contributed by atoms with Crippen molar-refractivity contribution in [2.45, 2.75) is 25.4 Å². The molecule has 2 aromatic rings. The van der Waals surface area contributed by atoms with Crippen LogP contribution < -0.4 is 10.1 Å². The maximum atomic E-state index is 12.5. The van der Waals surface area contributed by atoms with Crippen molar-refractivity contribution < 1.29 is 18.7 Å². The van der Waals surface area contributed by atoms with Crippen molar-refractivity contribution in [1.82, 2.24) is 15.1 Å². The lowest BCUT2D eigenvalue weighted by Gasteiger charge is -2.32. The highest BCUT2D eigenvalue weighted by molar-refractivity contribution is 5.91. The first-order chi connectivity index (χ1) is 13.1. The molecule has 144 valence electrons. The predicted molar refractivity (Wildman–Crippen MR) is 101 cm³/mol. The van der Waals surface area contributed by atoms with Crippen molar-refractivity contribution in [3.63, 3.8) is 0 Å². The van der Waals surface area contributed by atoms with Crippen LogP contribution in [0.15, 0.2) is 47.1 Å². The normalized spacial score (nSPS) is 14.7. The third-order valence-electron chi connectivity index (χ3n) is 4.74. The van der Waals surface area contributed by atoms with Crippen LogP contribution in [-0.2, 0) is 6.54 Å². The number of amides is 3. The van der Waals surface area contributed by atoms with Crippen LogP contribution in [0.2, 0.25) is 0 Å². The van der Waals surface area contributed by atoms with Gasteiger partial charge in [0.2, 0.25) is 0 Å². The van der Waals surface area contributed by atoms with Gasteiger partial charge < -0.3 is 24.3 Å². The van der Waals surface area contributed by atoms with Gasteiger partial charge in [-0.05, 0) is 42.7 Å². The molecule has 0 unspecified atom stereocenters. The number of furan rings is 1. The Morgan fingerprint density at radius 1 is 1.26 bits per heavy atom. The Morgan fingerprint density at radius 2 is 2.04 bits per heavy atom. The molecule has 1 aliphatic rings. The lowest BCUT2D eigenvalue weighted by Crippen LogP contribution is -2.49. The van der Waals surface area contributed by atoms with Gasteiger partial charge in [-0.15, -0.1) is 0 Å². The van der Waals surface area contributed by atoms with Crippen LogP contribution in [0.3, 0.4) is 0 Å². The summed E-state index contributed by atoms with van der Waals surface area (Å²) in [6.07, 6.45) is 2.95. The molecule has 1 aliphatic heterocycles. The van der Waals surface area contributed by atoms with Gasteiger partial charge in [0.25, 0.3) is 5.91 Å². The standard InChI is InChI=1S/C20H25N3O4/c1-22(14-15-5-3-6-17(13-15)26-2)20(25)21-16-8-10-23(11-9-16)19(24)18-7-4-12-27-18/h3-7,12-13,16H,8-11,14H2,1-2H3,(H,21,25). The molecule has 2 heterocycles. The molecule has 7 heteroatoms. The average molecular weight is 371 g/mol. The summed E-state index contributed by atoms with van der Waals surface area (Å²) in [5.74, 6) is 1.03. The Labute approximate surface area is 158 Å². The first-order valence-corrected chi connectivity index (χ1v) is 9.04. The molecular formula is C20H25N3O4. The van der Waals surface area contributed by atoms with Crippen molar-refractivity contribution in [2.75, 3.05) is 27.2 Å². The van der Waals surface area contributed by atoms with Crippen molar-refractivity contribution in [3.8, 4) is 5.75 Å². The van der Waals surface area contributed by atoms with Gasteiger partial charge in [0.1, 0.15) is 5.75 Å². The smallest absolute Gasteiger partial charge is 0.317 e. The molecule has 0 aliphatic carbocycles. The van der Waals surface area contributed by atoms with Crippen LogP contribution in [0.4, 0.5) is 4.79 Å². The molecule has 7 nitrogen and oxygen atoms in total. The lowest BCUT2D eigenvalue weighted by atomic mass is 10.0. The molecule has 0 spiro atoms. The number of hydrogen-bond acceptors (Lipinski definition) is 4. The monoisotopic (exact) mass is 371 g/mol. The van der Waals surface area contributed by atoms with Gasteiger partial charge in [0.05, 0.1) is 13.4 Å². The summed E-state index contributed by atoms with van der Waals surface area (Å²) in [5.41, 5.74) is 1.01. The number of nitrogens with zero attached hydrogens (tertiary/aromatic N) is 2. The second-order valence-corrected chi connectivity index (χ2v) is 6.70. The van der Waals surface area contributed by atoms with E-state index in [-0.39, 0.29) is 18.0 Å². The number of rotatable bonds is 5. The summed E-state index contributed by atoms with van der Waals surface area (Å²) in [5, 5.41) is 3.06. The molecule has 0 radical (unpaired) electrons. The largest absolute Gasteiger partial charge is 0.497 e. The number of methoxy groups -OCH3 is 1. The maximum Gasteiger partial charge on any atom is 0.317 e. The average Bonchev–Trinajstić information content (AvgIpc) is 3.23. The van der Waals surface area contributed by atoms with E-state index in [1.165, 1.54) is 6.26 Å². The molecule has 1 N–H and O–H groups in total. The Morgan fingerprint density at radius 3 is 2.70 bits per heavy atom. The van der Waals surface area contributed by atoms with Crippen LogP contribution in [0.25, 0.3) is 0 Å². The number of carbonyl (C=O) groups is 2. The van der Waals surface area contributed by atoms with Crippen LogP contribution in [0.1, 0.15) is 29.0 Å². The molecule has 0 atom stereocenters. The maximum absolute atomic E-state index is 12.5. The predicted octanol–water partition coefficient (Wildman–Crippen LogP) is 2.73. The zero-order valence-electron chi connectivity index (χ0n) is 15.7. The van der Waals surface area contributed by atoms with Crippen molar-refractivity contribution >= 4 is 11.9 Å². The summed E-state index contributed by atoms with van der Waals surface area (Å²) >= 11 is 0. The number of carbonyl (C=O) groups excluding carboxylic acids is 2. The summed E-state index contributed by atoms with van der Waals surface area (Å²) in [6, 6.07) is 11.0. The Hall–Kier alpha value is -2.96. The molecule has 1 saturated heterocycles. The van der Waals surface area contributed by atoms with E-state index in [0.717, 1.165) is 24.2 Å². The molecule has 1 aromatic carbocycles. The topological polar surface area (TPSA) is 75.0 Å². The Bertz CT molecular complexity index is 767. The van der Waals surface area contributed by atoms with Crippen LogP contribution in [-0.4, -0.2) is 55.0 Å². The van der Waals surface area contributed by atoms with Crippen molar-refractivity contribution in [1.29, 1.82) is 0 Å². The van der Waals surface area contributed by atoms with E-state index in [2.05, 4.69) is 5.32 Å². The highest BCUT2D eigenvalue weighted by atomic mass is 16.5. The first kappa shape index (κ1) is 18.8. The van der Waals surface area contributed by atoms with Crippen molar-refractivity contribution in [2.24, 2.45) is 0 Å². The number of hydrogen-bond donors (Lipinski definition) is 1. The van der Waals surface area contributed by atoms with Gasteiger partial charge in [0.15, 0.2) is 5.76 Å². The molecule has 3 rings (SSSR count). The molecular weight excluding hydrogens is 346 g/mol. The minimum absolute atomic E-state index is 0.0610. The van der Waals surface area contributed by atoms with E-state index >= 15 is 0 Å². The molecule has 1 aromatic heterocycles. The van der Waals surface area contributed by atoms with E-state index in [1.54, 1.807) is 36.1 Å². The summed E-state index contributed by atoms with van der Waals surface area (Å²) < 4.78 is 10.4. The summed E-state index contributed by atoms with van der Waals surface area (Å²) in [7, 11) is 3.39. The fourth-order valence-corrected chi connectivity index (χ4v) is 3.18. The molecule has 0 saturated carbocycles. The van der Waals surface area contributed by atoms with E-state index in [1.807, 2.05) is 24.3 Å². The fourth-order valence-electron chi connectivity index (χ4n) is 3.18. The number of likely N-dealkylation sites (tertiary alicyclic amines) is 1. The second kappa shape index (κ2) is 8.62. The zero-order chi connectivity index (χ0) is 19.2. The van der Waals surface area contributed by atoms with Crippen LogP contribution in [0, 0.1) is 0 Å². The number of urea groups is 1. The molecule has 27 heavy (non-hydrogen) atoms. The van der Waals surface area contributed by atoms with Gasteiger partial charge in [-0.3, -0.25) is 4.79 Å². The van der Waals surface area contributed by atoms with E-state index < -0.39 is 0 Å². The summed E-state index contributed by atoms with van der Waals surface area (Å²) in [6.45, 7) is 1.70. The van der Waals surface area contributed by atoms with Gasteiger partial charge in [-0.1, -0.05) is 12.1 Å². The van der Waals surface area contributed by atoms with E-state index in [4.69, 9.17) is 9.15 Å². The zero-order valence-corrected chi connectivity index (χ0v) is 15.7. The summed E-state index contributed by atoms with van der Waals surface area (Å²) in [4.78, 5) is 28.2. The number of ether oxygens (including phenoxy) is 1. The van der Waals surface area contributed by atoms with E-state index in [9.17, 15) is 9.59 Å². The third-order valence-corrected chi connectivity index (χ3v) is 4.74. The minimum Gasteiger partial charge on any atom is -0.497 e.